The molecule has 0 aliphatic carbocycles. The lowest BCUT2D eigenvalue weighted by Crippen LogP contribution is -2.09. The summed E-state index contributed by atoms with van der Waals surface area (Å²) in [6.07, 6.45) is 1.58. The quantitative estimate of drug-likeness (QED) is 0.648. The van der Waals surface area contributed by atoms with Gasteiger partial charge in [0, 0.05) is 12.7 Å². The number of hydrogen-bond donors (Lipinski definition) is 1. The van der Waals surface area contributed by atoms with Gasteiger partial charge in [0.1, 0.15) is 5.69 Å². The van der Waals surface area contributed by atoms with E-state index in [0.717, 1.165) is 0 Å². The van der Waals surface area contributed by atoms with Gasteiger partial charge in [-0.25, -0.2) is 4.68 Å². The monoisotopic (exact) mass is 262 g/mol. The molecule has 0 unspecified atom stereocenters. The predicted octanol–water partition coefficient (Wildman–Crippen LogP) is 1.52. The topological polar surface area (TPSA) is 98.8 Å². The van der Waals surface area contributed by atoms with Crippen LogP contribution in [0.5, 0.6) is 0 Å². The van der Waals surface area contributed by atoms with Crippen LogP contribution in [0.1, 0.15) is 18.3 Å². The van der Waals surface area contributed by atoms with Crippen LogP contribution in [-0.4, -0.2) is 24.9 Å². The van der Waals surface area contributed by atoms with Crippen molar-refractivity contribution in [3.8, 4) is 0 Å². The first-order chi connectivity index (χ1) is 9.13. The summed E-state index contributed by atoms with van der Waals surface area (Å²) in [5.41, 5.74) is 1.11. The van der Waals surface area contributed by atoms with Gasteiger partial charge in [-0.3, -0.25) is 10.1 Å². The Morgan fingerprint density at radius 2 is 2.32 bits per heavy atom. The molecular weight excluding hydrogens is 248 g/mol. The highest BCUT2D eigenvalue weighted by Gasteiger charge is 2.24. The maximum Gasteiger partial charge on any atom is 0.333 e. The molecule has 0 amide bonds. The molecule has 2 aromatic rings. The van der Waals surface area contributed by atoms with E-state index in [2.05, 4.69) is 20.6 Å². The van der Waals surface area contributed by atoms with Gasteiger partial charge >= 0.3 is 5.69 Å². The molecule has 2 rings (SSSR count). The predicted molar refractivity (Wildman–Crippen MR) is 68.7 cm³/mol. The van der Waals surface area contributed by atoms with Gasteiger partial charge in [-0.15, -0.1) is 0 Å². The van der Waals surface area contributed by atoms with Gasteiger partial charge in [0.15, 0.2) is 0 Å². The molecule has 2 aromatic heterocycles. The third kappa shape index (κ3) is 2.67. The summed E-state index contributed by atoms with van der Waals surface area (Å²) in [7, 11) is 0. The van der Waals surface area contributed by atoms with Crippen molar-refractivity contribution in [2.45, 2.75) is 26.9 Å². The molecular formula is C11H14N6O2. The summed E-state index contributed by atoms with van der Waals surface area (Å²) >= 11 is 0. The summed E-state index contributed by atoms with van der Waals surface area (Å²) in [6, 6.07) is 3.56. The molecule has 0 saturated heterocycles. The van der Waals surface area contributed by atoms with Crippen LogP contribution in [0.2, 0.25) is 0 Å². The zero-order valence-corrected chi connectivity index (χ0v) is 10.7. The number of aryl methyl sites for hydroxylation is 2. The number of nitro groups is 1. The van der Waals surface area contributed by atoms with E-state index in [0.29, 0.717) is 30.3 Å². The summed E-state index contributed by atoms with van der Waals surface area (Å²) in [6.45, 7) is 4.42. The van der Waals surface area contributed by atoms with E-state index in [1.54, 1.807) is 29.9 Å². The maximum atomic E-state index is 11.1. The number of aromatic nitrogens is 4. The van der Waals surface area contributed by atoms with Crippen LogP contribution in [0.4, 0.5) is 11.5 Å². The van der Waals surface area contributed by atoms with Gasteiger partial charge in [-0.05, 0) is 26.0 Å². The molecule has 0 aliphatic rings. The second kappa shape index (κ2) is 5.42. The van der Waals surface area contributed by atoms with E-state index in [1.807, 2.05) is 6.92 Å². The zero-order chi connectivity index (χ0) is 13.8. The van der Waals surface area contributed by atoms with Crippen molar-refractivity contribution < 1.29 is 4.92 Å². The van der Waals surface area contributed by atoms with Crippen molar-refractivity contribution in [3.63, 3.8) is 0 Å². The highest BCUT2D eigenvalue weighted by molar-refractivity contribution is 5.59. The fourth-order valence-corrected chi connectivity index (χ4v) is 1.80. The van der Waals surface area contributed by atoms with Crippen LogP contribution in [0.3, 0.4) is 0 Å². The smallest absolute Gasteiger partial charge is 0.333 e. The van der Waals surface area contributed by atoms with Crippen molar-refractivity contribution in [3.05, 3.63) is 39.8 Å². The van der Waals surface area contributed by atoms with Gasteiger partial charge in [0.25, 0.3) is 0 Å². The summed E-state index contributed by atoms with van der Waals surface area (Å²) in [5, 5.41) is 25.9. The van der Waals surface area contributed by atoms with E-state index >= 15 is 0 Å². The minimum absolute atomic E-state index is 0.00532. The average Bonchev–Trinajstić information content (AvgIpc) is 2.73. The Morgan fingerprint density at radius 3 is 2.89 bits per heavy atom. The van der Waals surface area contributed by atoms with Crippen LogP contribution in [-0.2, 0) is 13.1 Å². The lowest BCUT2D eigenvalue weighted by molar-refractivity contribution is -0.384. The lowest BCUT2D eigenvalue weighted by atomic mass is 10.3. The van der Waals surface area contributed by atoms with E-state index < -0.39 is 4.92 Å². The molecule has 1 N–H and O–H groups in total. The molecule has 0 radical (unpaired) electrons. The number of nitrogens with zero attached hydrogens (tertiary/aromatic N) is 5. The number of hydrogen-bond acceptors (Lipinski definition) is 6. The molecule has 0 spiro atoms. The van der Waals surface area contributed by atoms with Crippen LogP contribution < -0.4 is 5.32 Å². The standard InChI is InChI=1S/C11H14N6O2/c1-3-16-11(10(17(18)19)8(2)15-16)12-7-9-5-4-6-13-14-9/h4-6,12H,3,7H2,1-2H3. The Kier molecular flexibility index (Phi) is 3.69. The highest BCUT2D eigenvalue weighted by Crippen LogP contribution is 2.28. The Labute approximate surface area is 109 Å². The third-order valence-electron chi connectivity index (χ3n) is 2.64. The highest BCUT2D eigenvalue weighted by atomic mass is 16.6. The minimum atomic E-state index is -0.423. The fourth-order valence-electron chi connectivity index (χ4n) is 1.80. The molecule has 0 atom stereocenters. The van der Waals surface area contributed by atoms with Crippen molar-refractivity contribution in [2.24, 2.45) is 0 Å². The first-order valence-electron chi connectivity index (χ1n) is 5.85. The van der Waals surface area contributed by atoms with Crippen LogP contribution in [0, 0.1) is 17.0 Å². The van der Waals surface area contributed by atoms with Crippen molar-refractivity contribution >= 4 is 11.5 Å². The summed E-state index contributed by atoms with van der Waals surface area (Å²) < 4.78 is 1.57. The van der Waals surface area contributed by atoms with Gasteiger partial charge in [0.2, 0.25) is 5.82 Å². The van der Waals surface area contributed by atoms with Crippen molar-refractivity contribution in [2.75, 3.05) is 5.32 Å². The Balaban J connectivity index is 2.26. The van der Waals surface area contributed by atoms with Crippen LogP contribution >= 0.6 is 0 Å². The molecule has 0 aliphatic heterocycles. The number of rotatable bonds is 5. The molecule has 0 saturated carbocycles. The van der Waals surface area contributed by atoms with Crippen molar-refractivity contribution in [1.29, 1.82) is 0 Å². The Bertz CT molecular complexity index is 580. The second-order valence-corrected chi connectivity index (χ2v) is 3.92. The van der Waals surface area contributed by atoms with Gasteiger partial charge in [-0.2, -0.15) is 15.3 Å². The minimum Gasteiger partial charge on any atom is -0.359 e. The normalized spacial score (nSPS) is 10.4. The molecule has 0 aromatic carbocycles. The Hall–Kier alpha value is -2.51. The van der Waals surface area contributed by atoms with E-state index in [1.165, 1.54) is 0 Å². The molecule has 0 bridgehead atoms. The Morgan fingerprint density at radius 1 is 1.53 bits per heavy atom. The molecule has 2 heterocycles. The fraction of sp³-hybridized carbons (Fsp3) is 0.364. The zero-order valence-electron chi connectivity index (χ0n) is 10.7. The van der Waals surface area contributed by atoms with Crippen molar-refractivity contribution in [1.82, 2.24) is 20.0 Å². The molecule has 100 valence electrons. The molecule has 8 heteroatoms. The summed E-state index contributed by atoms with van der Waals surface area (Å²) in [5.74, 6) is 0.399. The number of anilines is 1. The van der Waals surface area contributed by atoms with E-state index in [-0.39, 0.29) is 5.69 Å². The van der Waals surface area contributed by atoms with Gasteiger partial charge < -0.3 is 5.32 Å². The van der Waals surface area contributed by atoms with E-state index in [4.69, 9.17) is 0 Å². The molecule has 0 fully saturated rings. The number of nitrogens with one attached hydrogen (secondary N) is 1. The van der Waals surface area contributed by atoms with Crippen LogP contribution in [0.25, 0.3) is 0 Å². The largest absolute Gasteiger partial charge is 0.359 e. The average molecular weight is 262 g/mol. The molecule has 8 nitrogen and oxygen atoms in total. The maximum absolute atomic E-state index is 11.1. The van der Waals surface area contributed by atoms with Crippen LogP contribution in [0.15, 0.2) is 18.3 Å². The third-order valence-corrected chi connectivity index (χ3v) is 2.64. The first kappa shape index (κ1) is 12.9. The summed E-state index contributed by atoms with van der Waals surface area (Å²) in [4.78, 5) is 10.6. The second-order valence-electron chi connectivity index (χ2n) is 3.92. The first-order valence-corrected chi connectivity index (χ1v) is 5.85. The van der Waals surface area contributed by atoms with Gasteiger partial charge in [-0.1, -0.05) is 0 Å². The lowest BCUT2D eigenvalue weighted by Gasteiger charge is -2.06. The molecule has 19 heavy (non-hydrogen) atoms. The van der Waals surface area contributed by atoms with E-state index in [9.17, 15) is 10.1 Å². The SMILES string of the molecule is CCn1nc(C)c([N+](=O)[O-])c1NCc1cccnn1. The van der Waals surface area contributed by atoms with Gasteiger partial charge in [0.05, 0.1) is 17.2 Å².